The molecule has 1 aliphatic rings. The Morgan fingerprint density at radius 3 is 2.80 bits per heavy atom. The van der Waals surface area contributed by atoms with E-state index in [1.54, 1.807) is 22.0 Å². The number of carbonyl (C=O) groups is 1. The highest BCUT2D eigenvalue weighted by molar-refractivity contribution is 7.99. The molecule has 0 bridgehead atoms. The molecular formula is C22H24N4O2S2. The van der Waals surface area contributed by atoms with E-state index >= 15 is 0 Å². The summed E-state index contributed by atoms with van der Waals surface area (Å²) in [7, 11) is 3.94. The summed E-state index contributed by atoms with van der Waals surface area (Å²) in [6.45, 7) is 4.15. The van der Waals surface area contributed by atoms with Crippen LogP contribution < -0.4 is 15.8 Å². The molecule has 6 nitrogen and oxygen atoms in total. The van der Waals surface area contributed by atoms with Gasteiger partial charge in [-0.15, -0.1) is 17.9 Å². The summed E-state index contributed by atoms with van der Waals surface area (Å²) in [5.41, 5.74) is 2.95. The quantitative estimate of drug-likeness (QED) is 0.343. The van der Waals surface area contributed by atoms with Crippen LogP contribution in [0, 0.1) is 0 Å². The predicted molar refractivity (Wildman–Crippen MR) is 126 cm³/mol. The third kappa shape index (κ3) is 4.02. The molecule has 0 atom stereocenters. The number of amides is 1. The minimum absolute atomic E-state index is 0.0264. The molecule has 4 rings (SSSR count). The molecule has 2 aromatic heterocycles. The normalized spacial score (nSPS) is 12.7. The van der Waals surface area contributed by atoms with E-state index in [2.05, 4.69) is 11.9 Å². The number of rotatable bonds is 7. The van der Waals surface area contributed by atoms with Crippen LogP contribution in [0.25, 0.3) is 10.2 Å². The van der Waals surface area contributed by atoms with Gasteiger partial charge in [-0.25, -0.2) is 4.98 Å². The van der Waals surface area contributed by atoms with Gasteiger partial charge < -0.3 is 10.2 Å². The van der Waals surface area contributed by atoms with Crippen molar-refractivity contribution in [3.05, 3.63) is 57.7 Å². The van der Waals surface area contributed by atoms with E-state index in [4.69, 9.17) is 4.98 Å². The van der Waals surface area contributed by atoms with E-state index in [0.717, 1.165) is 40.9 Å². The van der Waals surface area contributed by atoms with E-state index in [1.807, 2.05) is 43.3 Å². The predicted octanol–water partition coefficient (Wildman–Crippen LogP) is 3.93. The molecule has 1 aromatic carbocycles. The third-order valence-corrected chi connectivity index (χ3v) is 7.26. The smallest absolute Gasteiger partial charge is 0.263 e. The Labute approximate surface area is 183 Å². The van der Waals surface area contributed by atoms with Crippen molar-refractivity contribution < 1.29 is 4.79 Å². The molecule has 1 amide bonds. The van der Waals surface area contributed by atoms with Gasteiger partial charge in [0.05, 0.1) is 11.1 Å². The largest absolute Gasteiger partial charge is 0.378 e. The first-order valence-corrected chi connectivity index (χ1v) is 11.6. The number of thiophene rings is 1. The number of fused-ring (bicyclic) bond motifs is 3. The van der Waals surface area contributed by atoms with Gasteiger partial charge >= 0.3 is 0 Å². The number of thioether (sulfide) groups is 1. The number of hydrogen-bond donors (Lipinski definition) is 1. The van der Waals surface area contributed by atoms with Crippen LogP contribution in [0.3, 0.4) is 0 Å². The van der Waals surface area contributed by atoms with Crippen molar-refractivity contribution in [2.24, 2.45) is 0 Å². The highest BCUT2D eigenvalue weighted by atomic mass is 32.2. The second kappa shape index (κ2) is 8.65. The first-order valence-electron chi connectivity index (χ1n) is 9.84. The molecule has 156 valence electrons. The van der Waals surface area contributed by atoms with Gasteiger partial charge in [-0.1, -0.05) is 17.8 Å². The topological polar surface area (TPSA) is 67.2 Å². The van der Waals surface area contributed by atoms with Gasteiger partial charge in [0.2, 0.25) is 5.91 Å². The van der Waals surface area contributed by atoms with E-state index in [9.17, 15) is 9.59 Å². The molecule has 3 aromatic rings. The molecule has 30 heavy (non-hydrogen) atoms. The zero-order valence-electron chi connectivity index (χ0n) is 17.1. The first-order chi connectivity index (χ1) is 14.5. The summed E-state index contributed by atoms with van der Waals surface area (Å²) in [6, 6.07) is 7.66. The SMILES string of the molecule is C=CCn1c(SCC(=O)Nc2ccc(N(C)C)cc2)nc2sc3c(c2c1=O)CCC3. The van der Waals surface area contributed by atoms with Crippen LogP contribution in [0.5, 0.6) is 0 Å². The van der Waals surface area contributed by atoms with E-state index in [0.29, 0.717) is 11.7 Å². The molecule has 1 N–H and O–H groups in total. The number of aromatic nitrogens is 2. The maximum Gasteiger partial charge on any atom is 0.263 e. The van der Waals surface area contributed by atoms with E-state index < -0.39 is 0 Å². The molecular weight excluding hydrogens is 416 g/mol. The zero-order chi connectivity index (χ0) is 21.3. The number of allylic oxidation sites excluding steroid dienone is 1. The molecule has 0 spiro atoms. The second-order valence-electron chi connectivity index (χ2n) is 7.41. The van der Waals surface area contributed by atoms with Crippen molar-refractivity contribution in [2.45, 2.75) is 31.0 Å². The summed E-state index contributed by atoms with van der Waals surface area (Å²) < 4.78 is 1.63. The summed E-state index contributed by atoms with van der Waals surface area (Å²) in [6.07, 6.45) is 4.76. The summed E-state index contributed by atoms with van der Waals surface area (Å²) in [5, 5.41) is 4.22. The van der Waals surface area contributed by atoms with Gasteiger partial charge in [0.1, 0.15) is 4.83 Å². The number of aryl methyl sites for hydroxylation is 2. The maximum atomic E-state index is 13.1. The lowest BCUT2D eigenvalue weighted by molar-refractivity contribution is -0.113. The Hall–Kier alpha value is -2.58. The van der Waals surface area contributed by atoms with Gasteiger partial charge in [0, 0.05) is 36.9 Å². The first kappa shape index (κ1) is 20.7. The molecule has 0 aliphatic heterocycles. The van der Waals surface area contributed by atoms with Crippen LogP contribution in [0.15, 0.2) is 46.9 Å². The molecule has 0 radical (unpaired) electrons. The maximum absolute atomic E-state index is 13.1. The van der Waals surface area contributed by atoms with Crippen LogP contribution in [-0.4, -0.2) is 35.3 Å². The fourth-order valence-electron chi connectivity index (χ4n) is 3.63. The average molecular weight is 441 g/mol. The summed E-state index contributed by atoms with van der Waals surface area (Å²) in [5.74, 6) is 0.0427. The Morgan fingerprint density at radius 2 is 2.10 bits per heavy atom. The minimum atomic E-state index is -0.134. The second-order valence-corrected chi connectivity index (χ2v) is 9.44. The number of carbonyl (C=O) groups excluding carboxylic acids is 1. The van der Waals surface area contributed by atoms with Crippen LogP contribution in [-0.2, 0) is 24.2 Å². The van der Waals surface area contributed by atoms with Crippen LogP contribution in [0.4, 0.5) is 11.4 Å². The molecule has 0 fully saturated rings. The highest BCUT2D eigenvalue weighted by Crippen LogP contribution is 2.35. The Bertz CT molecular complexity index is 1160. The molecule has 0 saturated carbocycles. The van der Waals surface area contributed by atoms with Crippen molar-refractivity contribution >= 4 is 50.6 Å². The Morgan fingerprint density at radius 1 is 1.33 bits per heavy atom. The molecule has 8 heteroatoms. The minimum Gasteiger partial charge on any atom is -0.378 e. The van der Waals surface area contributed by atoms with Crippen LogP contribution >= 0.6 is 23.1 Å². The average Bonchev–Trinajstić information content (AvgIpc) is 3.30. The molecule has 1 aliphatic carbocycles. The molecule has 0 saturated heterocycles. The lowest BCUT2D eigenvalue weighted by atomic mass is 10.2. The van der Waals surface area contributed by atoms with Gasteiger partial charge in [0.15, 0.2) is 5.16 Å². The Balaban J connectivity index is 1.53. The van der Waals surface area contributed by atoms with E-state index in [1.165, 1.54) is 22.2 Å². The summed E-state index contributed by atoms with van der Waals surface area (Å²) >= 11 is 2.90. The number of nitrogens with zero attached hydrogens (tertiary/aromatic N) is 3. The van der Waals surface area contributed by atoms with Gasteiger partial charge in [-0.2, -0.15) is 0 Å². The number of anilines is 2. The summed E-state index contributed by atoms with van der Waals surface area (Å²) in [4.78, 5) is 34.4. The van der Waals surface area contributed by atoms with Gasteiger partial charge in [0.25, 0.3) is 5.56 Å². The van der Waals surface area contributed by atoms with E-state index in [-0.39, 0.29) is 17.2 Å². The van der Waals surface area contributed by atoms with Crippen LogP contribution in [0.1, 0.15) is 16.9 Å². The zero-order valence-corrected chi connectivity index (χ0v) is 18.7. The molecule has 0 unspecified atom stereocenters. The van der Waals surface area contributed by atoms with Crippen LogP contribution in [0.2, 0.25) is 0 Å². The van der Waals surface area contributed by atoms with Gasteiger partial charge in [-0.05, 0) is 49.1 Å². The van der Waals surface area contributed by atoms with Crippen molar-refractivity contribution in [1.82, 2.24) is 9.55 Å². The van der Waals surface area contributed by atoms with Crippen molar-refractivity contribution in [1.29, 1.82) is 0 Å². The lowest BCUT2D eigenvalue weighted by Crippen LogP contribution is -2.24. The van der Waals surface area contributed by atoms with Gasteiger partial charge in [-0.3, -0.25) is 14.2 Å². The third-order valence-electron chi connectivity index (χ3n) is 5.10. The molecule has 2 heterocycles. The number of nitrogens with one attached hydrogen (secondary N) is 1. The number of benzene rings is 1. The Kier molecular flexibility index (Phi) is 5.97. The van der Waals surface area contributed by atoms with Crippen molar-refractivity contribution in [3.63, 3.8) is 0 Å². The lowest BCUT2D eigenvalue weighted by Gasteiger charge is -2.13. The number of hydrogen-bond acceptors (Lipinski definition) is 6. The standard InChI is InChI=1S/C22H24N4O2S2/c1-4-12-26-21(28)19-16-6-5-7-17(16)30-20(19)24-22(26)29-13-18(27)23-14-8-10-15(11-9-14)25(2)3/h4,8-11H,1,5-7,12-13H2,2-3H3,(H,23,27). The van der Waals surface area contributed by atoms with Crippen molar-refractivity contribution in [3.8, 4) is 0 Å². The van der Waals surface area contributed by atoms with Crippen molar-refractivity contribution in [2.75, 3.05) is 30.1 Å². The highest BCUT2D eigenvalue weighted by Gasteiger charge is 2.23. The monoisotopic (exact) mass is 440 g/mol. The fraction of sp³-hybridized carbons (Fsp3) is 0.318. The fourth-order valence-corrected chi connectivity index (χ4v) is 5.74.